The molecule has 0 aliphatic carbocycles. The quantitative estimate of drug-likeness (QED) is 0.898. The molecule has 5 nitrogen and oxygen atoms in total. The molecule has 0 aromatic heterocycles. The third kappa shape index (κ3) is 4.25. The SMILES string of the molecule is NCc1ccc(C(=O)NC2CCN(C(=O)c3ccccc3)CC2)cc1. The highest BCUT2D eigenvalue weighted by molar-refractivity contribution is 5.95. The highest BCUT2D eigenvalue weighted by Gasteiger charge is 2.24. The predicted octanol–water partition coefficient (Wildman–Crippen LogP) is 2.18. The molecule has 2 aromatic rings. The van der Waals surface area contributed by atoms with Crippen LogP contribution < -0.4 is 11.1 Å². The zero-order valence-electron chi connectivity index (χ0n) is 14.2. The Hall–Kier alpha value is -2.66. The van der Waals surface area contributed by atoms with Crippen molar-refractivity contribution in [3.05, 3.63) is 71.3 Å². The van der Waals surface area contributed by atoms with Crippen molar-refractivity contribution in [3.8, 4) is 0 Å². The van der Waals surface area contributed by atoms with Crippen molar-refractivity contribution in [2.75, 3.05) is 13.1 Å². The van der Waals surface area contributed by atoms with E-state index in [9.17, 15) is 9.59 Å². The molecule has 1 aliphatic rings. The minimum absolute atomic E-state index is 0.0581. The van der Waals surface area contributed by atoms with Crippen LogP contribution >= 0.6 is 0 Å². The Morgan fingerprint density at radius 1 is 0.960 bits per heavy atom. The summed E-state index contributed by atoms with van der Waals surface area (Å²) >= 11 is 0. The third-order valence-corrected chi connectivity index (χ3v) is 4.59. The summed E-state index contributed by atoms with van der Waals surface area (Å²) in [5, 5.41) is 3.06. The van der Waals surface area contributed by atoms with Crippen LogP contribution in [0.4, 0.5) is 0 Å². The lowest BCUT2D eigenvalue weighted by Gasteiger charge is -2.32. The fourth-order valence-corrected chi connectivity index (χ4v) is 3.05. The normalized spacial score (nSPS) is 15.0. The molecule has 0 radical (unpaired) electrons. The molecule has 1 heterocycles. The number of benzene rings is 2. The molecule has 3 N–H and O–H groups in total. The van der Waals surface area contributed by atoms with Crippen molar-refractivity contribution in [3.63, 3.8) is 0 Å². The first kappa shape index (κ1) is 17.2. The molecule has 0 bridgehead atoms. The van der Waals surface area contributed by atoms with Crippen LogP contribution in [0.1, 0.15) is 39.1 Å². The summed E-state index contributed by atoms with van der Waals surface area (Å²) in [5.74, 6) is -0.0147. The molecular weight excluding hydrogens is 314 g/mol. The van der Waals surface area contributed by atoms with Gasteiger partial charge < -0.3 is 16.0 Å². The van der Waals surface area contributed by atoms with Crippen LogP contribution in [0, 0.1) is 0 Å². The molecular formula is C20H23N3O2. The van der Waals surface area contributed by atoms with E-state index in [1.165, 1.54) is 0 Å². The van der Waals surface area contributed by atoms with Crippen molar-refractivity contribution >= 4 is 11.8 Å². The van der Waals surface area contributed by atoms with Gasteiger partial charge in [0.25, 0.3) is 11.8 Å². The van der Waals surface area contributed by atoms with E-state index in [-0.39, 0.29) is 17.9 Å². The fraction of sp³-hybridized carbons (Fsp3) is 0.300. The number of hydrogen-bond acceptors (Lipinski definition) is 3. The standard InChI is InChI=1S/C20H23N3O2/c21-14-15-6-8-16(9-7-15)19(24)22-18-10-12-23(13-11-18)20(25)17-4-2-1-3-5-17/h1-9,18H,10-14,21H2,(H,22,24). The zero-order chi connectivity index (χ0) is 17.6. The second kappa shape index (κ2) is 7.94. The first-order valence-electron chi connectivity index (χ1n) is 8.61. The molecule has 1 aliphatic heterocycles. The number of carbonyl (C=O) groups is 2. The zero-order valence-corrected chi connectivity index (χ0v) is 14.2. The smallest absolute Gasteiger partial charge is 0.253 e. The van der Waals surface area contributed by atoms with Gasteiger partial charge in [-0.05, 0) is 42.7 Å². The van der Waals surface area contributed by atoms with Crippen LogP contribution in [0.5, 0.6) is 0 Å². The van der Waals surface area contributed by atoms with Gasteiger partial charge in [-0.1, -0.05) is 30.3 Å². The maximum Gasteiger partial charge on any atom is 0.253 e. The largest absolute Gasteiger partial charge is 0.349 e. The number of nitrogens with two attached hydrogens (primary N) is 1. The van der Waals surface area contributed by atoms with Crippen molar-refractivity contribution in [2.24, 2.45) is 5.73 Å². The summed E-state index contributed by atoms with van der Waals surface area (Å²) in [6, 6.07) is 16.7. The number of rotatable bonds is 4. The number of piperidine rings is 1. The lowest BCUT2D eigenvalue weighted by atomic mass is 10.0. The number of likely N-dealkylation sites (tertiary alicyclic amines) is 1. The van der Waals surface area contributed by atoms with E-state index >= 15 is 0 Å². The van der Waals surface area contributed by atoms with Crippen LogP contribution in [0.2, 0.25) is 0 Å². The Morgan fingerprint density at radius 3 is 2.20 bits per heavy atom. The summed E-state index contributed by atoms with van der Waals surface area (Å²) in [6.07, 6.45) is 1.54. The highest BCUT2D eigenvalue weighted by atomic mass is 16.2. The molecule has 0 unspecified atom stereocenters. The average molecular weight is 337 g/mol. The minimum atomic E-state index is -0.0728. The molecule has 25 heavy (non-hydrogen) atoms. The summed E-state index contributed by atoms with van der Waals surface area (Å²) in [4.78, 5) is 26.6. The molecule has 3 rings (SSSR count). The summed E-state index contributed by atoms with van der Waals surface area (Å²) in [7, 11) is 0. The Bertz CT molecular complexity index is 720. The Labute approximate surface area is 147 Å². The first-order valence-corrected chi connectivity index (χ1v) is 8.61. The van der Waals surface area contributed by atoms with Crippen molar-refractivity contribution in [1.82, 2.24) is 10.2 Å². The van der Waals surface area contributed by atoms with Gasteiger partial charge >= 0.3 is 0 Å². The minimum Gasteiger partial charge on any atom is -0.349 e. The average Bonchev–Trinajstić information content (AvgIpc) is 2.68. The highest BCUT2D eigenvalue weighted by Crippen LogP contribution is 2.15. The van der Waals surface area contributed by atoms with Gasteiger partial charge in [-0.15, -0.1) is 0 Å². The Morgan fingerprint density at radius 2 is 1.60 bits per heavy atom. The van der Waals surface area contributed by atoms with Crippen molar-refractivity contribution in [1.29, 1.82) is 0 Å². The Balaban J connectivity index is 1.52. The lowest BCUT2D eigenvalue weighted by molar-refractivity contribution is 0.0698. The predicted molar refractivity (Wildman–Crippen MR) is 97.2 cm³/mol. The van der Waals surface area contributed by atoms with Gasteiger partial charge in [-0.25, -0.2) is 0 Å². The van der Waals surface area contributed by atoms with E-state index in [1.807, 2.05) is 47.4 Å². The first-order chi connectivity index (χ1) is 12.2. The summed E-state index contributed by atoms with van der Waals surface area (Å²) in [6.45, 7) is 1.78. The second-order valence-corrected chi connectivity index (χ2v) is 6.31. The van der Waals surface area contributed by atoms with E-state index in [1.54, 1.807) is 12.1 Å². The van der Waals surface area contributed by atoms with Gasteiger partial charge in [0.05, 0.1) is 0 Å². The fourth-order valence-electron chi connectivity index (χ4n) is 3.05. The van der Waals surface area contributed by atoms with Crippen LogP contribution in [0.3, 0.4) is 0 Å². The van der Waals surface area contributed by atoms with E-state index in [0.29, 0.717) is 30.8 Å². The molecule has 2 aromatic carbocycles. The third-order valence-electron chi connectivity index (χ3n) is 4.59. The molecule has 1 fully saturated rings. The maximum absolute atomic E-state index is 12.4. The van der Waals surface area contributed by atoms with Crippen LogP contribution in [0.25, 0.3) is 0 Å². The summed E-state index contributed by atoms with van der Waals surface area (Å²) in [5.41, 5.74) is 7.93. The van der Waals surface area contributed by atoms with Gasteiger partial charge in [0.2, 0.25) is 0 Å². The Kier molecular flexibility index (Phi) is 5.46. The van der Waals surface area contributed by atoms with E-state index in [4.69, 9.17) is 5.73 Å². The molecule has 2 amide bonds. The molecule has 0 saturated carbocycles. The number of amides is 2. The van der Waals surface area contributed by atoms with Gasteiger partial charge in [0, 0.05) is 36.8 Å². The summed E-state index contributed by atoms with van der Waals surface area (Å²) < 4.78 is 0. The number of nitrogens with one attached hydrogen (secondary N) is 1. The molecule has 1 saturated heterocycles. The topological polar surface area (TPSA) is 75.4 Å². The van der Waals surface area contributed by atoms with E-state index in [0.717, 1.165) is 18.4 Å². The lowest BCUT2D eigenvalue weighted by Crippen LogP contribution is -2.46. The van der Waals surface area contributed by atoms with Crippen LogP contribution in [-0.4, -0.2) is 35.8 Å². The second-order valence-electron chi connectivity index (χ2n) is 6.31. The monoisotopic (exact) mass is 337 g/mol. The van der Waals surface area contributed by atoms with E-state index in [2.05, 4.69) is 5.32 Å². The molecule has 5 heteroatoms. The van der Waals surface area contributed by atoms with Gasteiger partial charge in [0.1, 0.15) is 0 Å². The van der Waals surface area contributed by atoms with Gasteiger partial charge in [0.15, 0.2) is 0 Å². The molecule has 0 atom stereocenters. The number of nitrogens with zero attached hydrogens (tertiary/aromatic N) is 1. The van der Waals surface area contributed by atoms with E-state index < -0.39 is 0 Å². The van der Waals surface area contributed by atoms with Crippen LogP contribution in [0.15, 0.2) is 54.6 Å². The van der Waals surface area contributed by atoms with Crippen molar-refractivity contribution < 1.29 is 9.59 Å². The van der Waals surface area contributed by atoms with Crippen LogP contribution in [-0.2, 0) is 6.54 Å². The molecule has 0 spiro atoms. The van der Waals surface area contributed by atoms with Crippen molar-refractivity contribution in [2.45, 2.75) is 25.4 Å². The van der Waals surface area contributed by atoms with Gasteiger partial charge in [-0.3, -0.25) is 9.59 Å². The van der Waals surface area contributed by atoms with Gasteiger partial charge in [-0.2, -0.15) is 0 Å². The number of hydrogen-bond donors (Lipinski definition) is 2. The molecule has 130 valence electrons. The number of carbonyl (C=O) groups excluding carboxylic acids is 2. The maximum atomic E-state index is 12.4.